The number of carbonyl (C=O) groups is 4. The number of methoxy groups -OCH3 is 2. The first-order valence-corrected chi connectivity index (χ1v) is 15.9. The predicted octanol–water partition coefficient (Wildman–Crippen LogP) is 4.44. The molecule has 0 spiro atoms. The molecule has 0 fully saturated rings. The topological polar surface area (TPSA) is 137 Å². The molecule has 0 bridgehead atoms. The highest BCUT2D eigenvalue weighted by Crippen LogP contribution is 2.25. The highest BCUT2D eigenvalue weighted by molar-refractivity contribution is 8.76. The van der Waals surface area contributed by atoms with Gasteiger partial charge in [0.25, 0.3) is 11.8 Å². The van der Waals surface area contributed by atoms with Gasteiger partial charge >= 0.3 is 11.9 Å². The minimum absolute atomic E-state index is 0.163. The van der Waals surface area contributed by atoms with E-state index in [1.807, 2.05) is 48.5 Å². The second-order valence-electron chi connectivity index (χ2n) is 9.29. The summed E-state index contributed by atoms with van der Waals surface area (Å²) in [5.74, 6) is -1.74. The third kappa shape index (κ3) is 8.91. The second-order valence-corrected chi connectivity index (χ2v) is 11.8. The minimum Gasteiger partial charge on any atom is -0.467 e. The Morgan fingerprint density at radius 2 is 0.886 bits per heavy atom. The first kappa shape index (κ1) is 32.2. The summed E-state index contributed by atoms with van der Waals surface area (Å²) >= 11 is 0. The van der Waals surface area contributed by atoms with Crippen LogP contribution >= 0.6 is 21.6 Å². The average molecular weight is 631 g/mol. The molecule has 2 atom stereocenters. The van der Waals surface area contributed by atoms with E-state index in [2.05, 4.69) is 20.6 Å². The fraction of sp³-hybridized carbons (Fsp3) is 0.188. The summed E-state index contributed by atoms with van der Waals surface area (Å²) in [6, 6.07) is 19.6. The number of hydrogen-bond donors (Lipinski definition) is 2. The Bertz CT molecular complexity index is 1440. The normalized spacial score (nSPS) is 12.0. The third-order valence-corrected chi connectivity index (χ3v) is 8.88. The summed E-state index contributed by atoms with van der Waals surface area (Å²) in [4.78, 5) is 58.6. The molecule has 2 N–H and O–H groups in total. The van der Waals surface area contributed by atoms with Crippen molar-refractivity contribution in [2.24, 2.45) is 0 Å². The molecule has 44 heavy (non-hydrogen) atoms. The van der Waals surface area contributed by atoms with E-state index in [4.69, 9.17) is 9.47 Å². The Hall–Kier alpha value is -4.68. The molecule has 2 heterocycles. The average Bonchev–Trinajstić information content (AvgIpc) is 3.09. The van der Waals surface area contributed by atoms with Crippen LogP contribution < -0.4 is 10.6 Å². The molecule has 4 aromatic rings. The summed E-state index contributed by atoms with van der Waals surface area (Å²) in [6.07, 6.45) is 6.77. The number of benzene rings is 2. The summed E-state index contributed by atoms with van der Waals surface area (Å²) in [6.45, 7) is 0. The molecular formula is C32H30N4O6S2. The standard InChI is InChI=1S/C32H30N4O6S2/c1-41-31(39)27(35-29(37)25-7-3-21(4-8-25)23-11-15-33-16-12-23)19-43-44-20-28(32(40)42-2)36-30(38)26-9-5-22(6-10-26)24-13-17-34-18-14-24/h3-18,27-28H,19-20H2,1-2H3,(H,35,37)(H,36,38). The number of nitrogens with zero attached hydrogens (tertiary/aromatic N) is 2. The molecule has 0 aliphatic heterocycles. The van der Waals surface area contributed by atoms with Gasteiger partial charge in [-0.3, -0.25) is 19.6 Å². The number of nitrogens with one attached hydrogen (secondary N) is 2. The van der Waals surface area contributed by atoms with Crippen LogP contribution in [0.4, 0.5) is 0 Å². The van der Waals surface area contributed by atoms with Crippen molar-refractivity contribution in [1.82, 2.24) is 20.6 Å². The lowest BCUT2D eigenvalue weighted by Gasteiger charge is -2.18. The molecule has 4 rings (SSSR count). The molecule has 0 radical (unpaired) electrons. The summed E-state index contributed by atoms with van der Waals surface area (Å²) in [7, 11) is 4.99. The van der Waals surface area contributed by atoms with E-state index < -0.39 is 35.8 Å². The van der Waals surface area contributed by atoms with Gasteiger partial charge in [0, 0.05) is 47.4 Å². The minimum atomic E-state index is -0.935. The SMILES string of the molecule is COC(=O)C(CSSCC(NC(=O)c1ccc(-c2ccncc2)cc1)C(=O)OC)NC(=O)c1ccc(-c2ccncc2)cc1. The van der Waals surface area contributed by atoms with Gasteiger partial charge in [-0.25, -0.2) is 9.59 Å². The van der Waals surface area contributed by atoms with E-state index >= 15 is 0 Å². The van der Waals surface area contributed by atoms with Crippen LogP contribution in [-0.4, -0.2) is 71.5 Å². The van der Waals surface area contributed by atoms with Crippen LogP contribution in [0.1, 0.15) is 20.7 Å². The quantitative estimate of drug-likeness (QED) is 0.124. The smallest absolute Gasteiger partial charge is 0.329 e. The van der Waals surface area contributed by atoms with E-state index in [9.17, 15) is 19.2 Å². The Morgan fingerprint density at radius 1 is 0.568 bits per heavy atom. The summed E-state index contributed by atoms with van der Waals surface area (Å²) in [5, 5.41) is 5.43. The van der Waals surface area contributed by atoms with Crippen LogP contribution in [0.5, 0.6) is 0 Å². The number of pyridine rings is 2. The molecular weight excluding hydrogens is 601 g/mol. The Labute approximate surface area is 262 Å². The molecule has 2 aromatic heterocycles. The Balaban J connectivity index is 1.30. The largest absolute Gasteiger partial charge is 0.467 e. The van der Waals surface area contributed by atoms with Gasteiger partial charge in [0.2, 0.25) is 0 Å². The maximum atomic E-state index is 12.9. The van der Waals surface area contributed by atoms with Crippen LogP contribution in [-0.2, 0) is 19.1 Å². The van der Waals surface area contributed by atoms with Gasteiger partial charge in [-0.05, 0) is 70.8 Å². The molecule has 2 amide bonds. The van der Waals surface area contributed by atoms with Crippen LogP contribution in [0.25, 0.3) is 22.3 Å². The first-order chi connectivity index (χ1) is 21.4. The van der Waals surface area contributed by atoms with Gasteiger partial charge in [-0.1, -0.05) is 45.9 Å². The number of esters is 2. The molecule has 226 valence electrons. The zero-order valence-electron chi connectivity index (χ0n) is 24.0. The molecule has 10 nitrogen and oxygen atoms in total. The molecule has 12 heteroatoms. The highest BCUT2D eigenvalue weighted by Gasteiger charge is 2.25. The van der Waals surface area contributed by atoms with Crippen molar-refractivity contribution >= 4 is 45.3 Å². The lowest BCUT2D eigenvalue weighted by molar-refractivity contribution is -0.143. The molecule has 0 saturated carbocycles. The highest BCUT2D eigenvalue weighted by atomic mass is 33.1. The number of hydrogen-bond acceptors (Lipinski definition) is 10. The van der Waals surface area contributed by atoms with E-state index in [1.54, 1.807) is 49.1 Å². The lowest BCUT2D eigenvalue weighted by Crippen LogP contribution is -2.44. The number of carbonyl (C=O) groups excluding carboxylic acids is 4. The van der Waals surface area contributed by atoms with Crippen molar-refractivity contribution in [3.63, 3.8) is 0 Å². The van der Waals surface area contributed by atoms with E-state index in [-0.39, 0.29) is 11.5 Å². The van der Waals surface area contributed by atoms with Gasteiger partial charge in [-0.15, -0.1) is 0 Å². The molecule has 0 saturated heterocycles. The predicted molar refractivity (Wildman–Crippen MR) is 171 cm³/mol. The maximum Gasteiger partial charge on any atom is 0.329 e. The zero-order chi connectivity index (χ0) is 31.3. The van der Waals surface area contributed by atoms with Crippen LogP contribution in [0, 0.1) is 0 Å². The molecule has 2 unspecified atom stereocenters. The fourth-order valence-electron chi connectivity index (χ4n) is 4.05. The zero-order valence-corrected chi connectivity index (χ0v) is 25.6. The van der Waals surface area contributed by atoms with E-state index in [0.717, 1.165) is 22.3 Å². The van der Waals surface area contributed by atoms with Crippen molar-refractivity contribution in [1.29, 1.82) is 0 Å². The van der Waals surface area contributed by atoms with Crippen molar-refractivity contribution < 1.29 is 28.7 Å². The summed E-state index contributed by atoms with van der Waals surface area (Å²) < 4.78 is 9.76. The third-order valence-electron chi connectivity index (χ3n) is 6.46. The van der Waals surface area contributed by atoms with E-state index in [0.29, 0.717) is 11.1 Å². The lowest BCUT2D eigenvalue weighted by atomic mass is 10.0. The van der Waals surface area contributed by atoms with Gasteiger partial charge in [0.1, 0.15) is 12.1 Å². The van der Waals surface area contributed by atoms with E-state index in [1.165, 1.54) is 35.8 Å². The monoisotopic (exact) mass is 630 g/mol. The van der Waals surface area contributed by atoms with Crippen LogP contribution in [0.15, 0.2) is 97.6 Å². The van der Waals surface area contributed by atoms with Gasteiger partial charge in [0.05, 0.1) is 14.2 Å². The Morgan fingerprint density at radius 3 is 1.20 bits per heavy atom. The molecule has 0 aliphatic carbocycles. The first-order valence-electron chi connectivity index (χ1n) is 13.4. The van der Waals surface area contributed by atoms with Crippen LogP contribution in [0.2, 0.25) is 0 Å². The maximum absolute atomic E-state index is 12.9. The Kier molecular flexibility index (Phi) is 11.9. The van der Waals surface area contributed by atoms with Gasteiger partial charge < -0.3 is 20.1 Å². The van der Waals surface area contributed by atoms with Crippen molar-refractivity contribution in [2.45, 2.75) is 12.1 Å². The second kappa shape index (κ2) is 16.2. The van der Waals surface area contributed by atoms with Crippen molar-refractivity contribution in [3.05, 3.63) is 109 Å². The van der Waals surface area contributed by atoms with Crippen molar-refractivity contribution in [3.8, 4) is 22.3 Å². The molecule has 2 aromatic carbocycles. The van der Waals surface area contributed by atoms with Gasteiger partial charge in [-0.2, -0.15) is 0 Å². The van der Waals surface area contributed by atoms with Gasteiger partial charge in [0.15, 0.2) is 0 Å². The number of aromatic nitrogens is 2. The van der Waals surface area contributed by atoms with Crippen LogP contribution in [0.3, 0.4) is 0 Å². The molecule has 0 aliphatic rings. The number of rotatable bonds is 13. The number of ether oxygens (including phenoxy) is 2. The fourth-order valence-corrected chi connectivity index (χ4v) is 6.35. The number of amides is 2. The summed E-state index contributed by atoms with van der Waals surface area (Å²) in [5.41, 5.74) is 4.55. The van der Waals surface area contributed by atoms with Crippen molar-refractivity contribution in [2.75, 3.05) is 25.7 Å².